The standard InChI is InChI=1S/C25H24BrN3O5.ClH/c26-18-10-11-21(29-23(31)17-9-8-15-5-1-2-6-16(15)13-17)19(14-18)22(30)25(33)34-24(32)20(28)7-3-4-12-27;/h1-2,5-6,8-11,13-14,20H,3-4,7,12,27-28H2,(H,29,31);1H. The number of hydrogen-bond acceptors (Lipinski definition) is 7. The van der Waals surface area contributed by atoms with Gasteiger partial charge in [0.25, 0.3) is 11.7 Å². The van der Waals surface area contributed by atoms with E-state index < -0.39 is 29.7 Å². The summed E-state index contributed by atoms with van der Waals surface area (Å²) in [6.45, 7) is 0.454. The van der Waals surface area contributed by atoms with Gasteiger partial charge in [-0.15, -0.1) is 12.4 Å². The molecule has 35 heavy (non-hydrogen) atoms. The Balaban J connectivity index is 0.00000432. The molecule has 0 aliphatic carbocycles. The highest BCUT2D eigenvalue weighted by atomic mass is 79.9. The van der Waals surface area contributed by atoms with Crippen LogP contribution >= 0.6 is 28.3 Å². The summed E-state index contributed by atoms with van der Waals surface area (Å²) in [6.07, 6.45) is 1.54. The van der Waals surface area contributed by atoms with Crippen LogP contribution in [0.15, 0.2) is 65.1 Å². The molecule has 3 aromatic carbocycles. The fourth-order valence-corrected chi connectivity index (χ4v) is 3.65. The molecule has 0 spiro atoms. The molecule has 0 radical (unpaired) electrons. The van der Waals surface area contributed by atoms with Crippen molar-refractivity contribution in [2.45, 2.75) is 25.3 Å². The number of Topliss-reactive ketones (excluding diaryl/α,β-unsaturated/α-hetero) is 1. The third-order valence-electron chi connectivity index (χ3n) is 5.14. The van der Waals surface area contributed by atoms with E-state index in [9.17, 15) is 19.2 Å². The molecule has 1 unspecified atom stereocenters. The van der Waals surface area contributed by atoms with Crippen LogP contribution in [0.1, 0.15) is 40.0 Å². The SMILES string of the molecule is Cl.NCCCCC(N)C(=O)OC(=O)C(=O)c1cc(Br)ccc1NC(=O)c1ccc2ccccc2c1. The number of ether oxygens (including phenoxy) is 1. The normalized spacial score (nSPS) is 11.3. The van der Waals surface area contributed by atoms with E-state index in [4.69, 9.17) is 11.5 Å². The fourth-order valence-electron chi connectivity index (χ4n) is 3.29. The Morgan fingerprint density at radius 3 is 2.37 bits per heavy atom. The third-order valence-corrected chi connectivity index (χ3v) is 5.63. The molecule has 184 valence electrons. The smallest absolute Gasteiger partial charge is 0.386 e. The molecule has 0 saturated heterocycles. The first-order chi connectivity index (χ1) is 16.3. The lowest BCUT2D eigenvalue weighted by atomic mass is 10.1. The van der Waals surface area contributed by atoms with E-state index >= 15 is 0 Å². The number of halogens is 2. The van der Waals surface area contributed by atoms with Gasteiger partial charge in [-0.3, -0.25) is 9.59 Å². The number of carbonyl (C=O) groups excluding carboxylic acids is 4. The second kappa shape index (κ2) is 13.1. The molecule has 0 fully saturated rings. The minimum Gasteiger partial charge on any atom is -0.386 e. The van der Waals surface area contributed by atoms with Crippen LogP contribution < -0.4 is 16.8 Å². The minimum absolute atomic E-state index is 0. The van der Waals surface area contributed by atoms with Crippen molar-refractivity contribution in [3.05, 3.63) is 76.3 Å². The molecule has 0 heterocycles. The van der Waals surface area contributed by atoms with Gasteiger partial charge in [-0.1, -0.05) is 52.7 Å². The first-order valence-electron chi connectivity index (χ1n) is 10.7. The van der Waals surface area contributed by atoms with Gasteiger partial charge in [-0.05, 0) is 60.5 Å². The Kier molecular flexibility index (Phi) is 10.5. The number of unbranched alkanes of at least 4 members (excludes halogenated alkanes) is 1. The second-order valence-electron chi connectivity index (χ2n) is 7.63. The quantitative estimate of drug-likeness (QED) is 0.118. The number of benzene rings is 3. The number of anilines is 1. The van der Waals surface area contributed by atoms with Crippen LogP contribution in [-0.2, 0) is 14.3 Å². The maximum atomic E-state index is 12.8. The number of rotatable bonds is 9. The zero-order chi connectivity index (χ0) is 24.7. The molecule has 0 saturated carbocycles. The molecular formula is C25H25BrClN3O5. The summed E-state index contributed by atoms with van der Waals surface area (Å²) >= 11 is 3.25. The lowest BCUT2D eigenvalue weighted by molar-refractivity contribution is -0.157. The highest BCUT2D eigenvalue weighted by molar-refractivity contribution is 9.10. The molecule has 0 bridgehead atoms. The molecule has 0 aliphatic heterocycles. The summed E-state index contributed by atoms with van der Waals surface area (Å²) in [6, 6.07) is 16.2. The van der Waals surface area contributed by atoms with E-state index in [1.165, 1.54) is 12.1 Å². The number of nitrogens with two attached hydrogens (primary N) is 2. The molecule has 8 nitrogen and oxygen atoms in total. The van der Waals surface area contributed by atoms with E-state index in [0.29, 0.717) is 29.4 Å². The average molecular weight is 563 g/mol. The topological polar surface area (TPSA) is 142 Å². The van der Waals surface area contributed by atoms with Gasteiger partial charge in [0.2, 0.25) is 0 Å². The van der Waals surface area contributed by atoms with Crippen molar-refractivity contribution in [2.75, 3.05) is 11.9 Å². The monoisotopic (exact) mass is 561 g/mol. The van der Waals surface area contributed by atoms with Gasteiger partial charge in [-0.2, -0.15) is 0 Å². The Labute approximate surface area is 216 Å². The van der Waals surface area contributed by atoms with E-state index in [2.05, 4.69) is 26.0 Å². The zero-order valence-corrected chi connectivity index (χ0v) is 21.1. The maximum absolute atomic E-state index is 12.8. The first kappa shape index (κ1) is 28.1. The van der Waals surface area contributed by atoms with Gasteiger partial charge in [-0.25, -0.2) is 9.59 Å². The van der Waals surface area contributed by atoms with Gasteiger partial charge in [0.05, 0.1) is 11.3 Å². The van der Waals surface area contributed by atoms with Crippen LogP contribution in [-0.4, -0.2) is 36.2 Å². The van der Waals surface area contributed by atoms with Crippen LogP contribution in [0.25, 0.3) is 10.8 Å². The molecule has 3 rings (SSSR count). The molecule has 1 atom stereocenters. The third kappa shape index (κ3) is 7.43. The van der Waals surface area contributed by atoms with Crippen LogP contribution in [0.2, 0.25) is 0 Å². The highest BCUT2D eigenvalue weighted by Gasteiger charge is 2.27. The number of ketones is 1. The molecule has 10 heteroatoms. The largest absolute Gasteiger partial charge is 0.387 e. The average Bonchev–Trinajstić information content (AvgIpc) is 2.84. The molecule has 5 N–H and O–H groups in total. The summed E-state index contributed by atoms with van der Waals surface area (Å²) in [7, 11) is 0. The Morgan fingerprint density at radius 2 is 1.66 bits per heavy atom. The highest BCUT2D eigenvalue weighted by Crippen LogP contribution is 2.24. The van der Waals surface area contributed by atoms with E-state index in [1.807, 2.05) is 30.3 Å². The van der Waals surface area contributed by atoms with E-state index in [-0.39, 0.29) is 30.1 Å². The Bertz CT molecular complexity index is 1250. The summed E-state index contributed by atoms with van der Waals surface area (Å²) in [5.41, 5.74) is 11.5. The van der Waals surface area contributed by atoms with Crippen molar-refractivity contribution < 1.29 is 23.9 Å². The summed E-state index contributed by atoms with van der Waals surface area (Å²) < 4.78 is 5.18. The number of carbonyl (C=O) groups is 4. The summed E-state index contributed by atoms with van der Waals surface area (Å²) in [4.78, 5) is 50.1. The predicted octanol–water partition coefficient (Wildman–Crippen LogP) is 3.99. The van der Waals surface area contributed by atoms with Crippen molar-refractivity contribution in [3.63, 3.8) is 0 Å². The Hall–Kier alpha value is -3.11. The van der Waals surface area contributed by atoms with E-state index in [0.717, 1.165) is 10.8 Å². The summed E-state index contributed by atoms with van der Waals surface area (Å²) in [5.74, 6) is -3.92. The minimum atomic E-state index is -1.38. The van der Waals surface area contributed by atoms with Gasteiger partial charge in [0.15, 0.2) is 0 Å². The molecular weight excluding hydrogens is 538 g/mol. The van der Waals surface area contributed by atoms with Crippen molar-refractivity contribution >= 4 is 68.4 Å². The van der Waals surface area contributed by atoms with Gasteiger partial charge in [0, 0.05) is 10.0 Å². The van der Waals surface area contributed by atoms with Crippen LogP contribution in [0.5, 0.6) is 0 Å². The van der Waals surface area contributed by atoms with Crippen LogP contribution in [0.3, 0.4) is 0 Å². The summed E-state index contributed by atoms with van der Waals surface area (Å²) in [5, 5.41) is 4.52. The fraction of sp³-hybridized carbons (Fsp3) is 0.200. The number of esters is 2. The maximum Gasteiger partial charge on any atom is 0.387 e. The molecule has 3 aromatic rings. The zero-order valence-electron chi connectivity index (χ0n) is 18.7. The van der Waals surface area contributed by atoms with Gasteiger partial charge < -0.3 is 21.5 Å². The number of hydrogen-bond donors (Lipinski definition) is 3. The molecule has 0 aromatic heterocycles. The predicted molar refractivity (Wildman–Crippen MR) is 140 cm³/mol. The second-order valence-corrected chi connectivity index (χ2v) is 8.55. The van der Waals surface area contributed by atoms with E-state index in [1.54, 1.807) is 18.2 Å². The Morgan fingerprint density at radius 1 is 0.943 bits per heavy atom. The number of fused-ring (bicyclic) bond motifs is 1. The number of amides is 1. The van der Waals surface area contributed by atoms with Gasteiger partial charge in [0.1, 0.15) is 6.04 Å². The number of nitrogens with one attached hydrogen (secondary N) is 1. The lowest BCUT2D eigenvalue weighted by Crippen LogP contribution is -2.35. The van der Waals surface area contributed by atoms with Crippen molar-refractivity contribution in [3.8, 4) is 0 Å². The van der Waals surface area contributed by atoms with Crippen LogP contribution in [0, 0.1) is 0 Å². The lowest BCUT2D eigenvalue weighted by Gasteiger charge is -2.12. The molecule has 1 amide bonds. The van der Waals surface area contributed by atoms with Crippen LogP contribution in [0.4, 0.5) is 5.69 Å². The van der Waals surface area contributed by atoms with Crippen molar-refractivity contribution in [2.24, 2.45) is 11.5 Å². The van der Waals surface area contributed by atoms with Gasteiger partial charge >= 0.3 is 11.9 Å². The van der Waals surface area contributed by atoms with Crippen molar-refractivity contribution in [1.82, 2.24) is 0 Å². The van der Waals surface area contributed by atoms with Crippen molar-refractivity contribution in [1.29, 1.82) is 0 Å². The molecule has 0 aliphatic rings. The first-order valence-corrected chi connectivity index (χ1v) is 11.4.